The fourth-order valence-corrected chi connectivity index (χ4v) is 14.7. The molecule has 7 aromatic rings. The van der Waals surface area contributed by atoms with E-state index in [2.05, 4.69) is 41.5 Å². The Labute approximate surface area is 499 Å². The number of pyridine rings is 1. The summed E-state index contributed by atoms with van der Waals surface area (Å²) < 4.78 is 56.8. The summed E-state index contributed by atoms with van der Waals surface area (Å²) in [5, 5.41) is 33.4. The first-order valence-corrected chi connectivity index (χ1v) is 30.4. The quantitative estimate of drug-likeness (QED) is 0.0671. The van der Waals surface area contributed by atoms with Crippen LogP contribution < -0.4 is 25.0 Å². The van der Waals surface area contributed by atoms with Gasteiger partial charge in [0, 0.05) is 67.4 Å². The Morgan fingerprint density at radius 3 is 2.52 bits per heavy atom. The van der Waals surface area contributed by atoms with Crippen molar-refractivity contribution in [2.75, 3.05) is 57.4 Å². The van der Waals surface area contributed by atoms with Crippen LogP contribution in [0.5, 0.6) is 17.6 Å². The molecule has 4 N–H and O–H groups in total. The van der Waals surface area contributed by atoms with E-state index in [1.54, 1.807) is 22.3 Å². The predicted octanol–water partition coefficient (Wildman–Crippen LogP) is 8.03. The van der Waals surface area contributed by atoms with Gasteiger partial charge in [-0.3, -0.25) is 19.5 Å². The highest BCUT2D eigenvalue weighted by Gasteiger charge is 2.51. The largest absolute Gasteiger partial charge is 0.508 e. The van der Waals surface area contributed by atoms with Crippen molar-refractivity contribution in [3.8, 4) is 51.7 Å². The highest BCUT2D eigenvalue weighted by Crippen LogP contribution is 2.45. The summed E-state index contributed by atoms with van der Waals surface area (Å²) in [6.07, 6.45) is 10.9. The van der Waals surface area contributed by atoms with Gasteiger partial charge in [0.2, 0.25) is 11.8 Å². The number of amides is 3. The Morgan fingerprint density at radius 1 is 0.988 bits per heavy atom. The minimum atomic E-state index is -0.895. The van der Waals surface area contributed by atoms with E-state index >= 15 is 8.78 Å². The first-order chi connectivity index (χ1) is 41.5. The number of aliphatic hydroxyl groups excluding tert-OH is 1. The fourth-order valence-electron chi connectivity index (χ4n) is 13.9. The van der Waals surface area contributed by atoms with Crippen molar-refractivity contribution in [1.82, 2.24) is 50.4 Å². The Morgan fingerprint density at radius 2 is 1.78 bits per heavy atom. The van der Waals surface area contributed by atoms with Crippen molar-refractivity contribution in [1.29, 1.82) is 0 Å². The number of carbonyl (C=O) groups is 3. The van der Waals surface area contributed by atoms with Gasteiger partial charge >= 0.3 is 12.1 Å². The van der Waals surface area contributed by atoms with Crippen molar-refractivity contribution < 1.29 is 52.1 Å². The number of likely N-dealkylation sites (tertiary alicyclic amines) is 2. The average molecular weight is 1190 g/mol. The maximum atomic E-state index is 17.3. The summed E-state index contributed by atoms with van der Waals surface area (Å²) in [5.41, 5.74) is 4.15. The maximum Gasteiger partial charge on any atom is 0.410 e. The Kier molecular flexibility index (Phi) is 15.3. The SMILES string of the molecule is C#Cc1c(F)ccc2cc(O)cc(-c3ncc4c(N5CC6CCC(C5)N6)nc(OC[C@]56CCCN5[C@H](COC(=O)N5CC(Oc7cc([C@H](C(=O)N8C[C@H](O)C[C@H]8C(=O)N[C@@H](C)c8ccc(-c9scnc9C)cc8)C(C)C)on7)C5)CC6)nc4c3F)c12. The smallest absolute Gasteiger partial charge is 0.410 e. The zero-order chi connectivity index (χ0) is 59.7. The molecule has 3 aromatic carbocycles. The zero-order valence-corrected chi connectivity index (χ0v) is 49.0. The van der Waals surface area contributed by atoms with Crippen molar-refractivity contribution in [3.05, 3.63) is 101 Å². The van der Waals surface area contributed by atoms with Gasteiger partial charge in [-0.15, -0.1) is 17.8 Å². The van der Waals surface area contributed by atoms with Crippen molar-refractivity contribution in [3.63, 3.8) is 0 Å². The van der Waals surface area contributed by atoms with Crippen LogP contribution in [0.25, 0.3) is 43.4 Å². The molecule has 6 saturated heterocycles. The van der Waals surface area contributed by atoms with Crippen molar-refractivity contribution in [2.24, 2.45) is 5.92 Å². The van der Waals surface area contributed by atoms with Gasteiger partial charge in [-0.1, -0.05) is 50.1 Å². The number of carbonyl (C=O) groups excluding carboxylic acids is 3. The Balaban J connectivity index is 0.629. The number of benzene rings is 3. The maximum absolute atomic E-state index is 17.3. The van der Waals surface area contributed by atoms with Crippen molar-refractivity contribution >= 4 is 56.7 Å². The number of ether oxygens (including phenoxy) is 3. The molecule has 4 aromatic heterocycles. The topological polar surface area (TPSA) is 234 Å². The normalized spacial score (nSPS) is 23.6. The number of terminal acetylenes is 1. The molecular formula is C63H67F2N11O9S. The molecule has 2 bridgehead atoms. The number of anilines is 1. The van der Waals surface area contributed by atoms with Crippen LogP contribution in [0.1, 0.15) is 100 Å². The van der Waals surface area contributed by atoms with E-state index in [-0.39, 0.29) is 132 Å². The number of nitrogens with one attached hydrogen (secondary N) is 2. The van der Waals surface area contributed by atoms with E-state index in [0.717, 1.165) is 66.8 Å². The third kappa shape index (κ3) is 10.7. The molecule has 6 aliphatic heterocycles. The van der Waals surface area contributed by atoms with Crippen LogP contribution in [0, 0.1) is 36.8 Å². The molecule has 8 atom stereocenters. The van der Waals surface area contributed by atoms with Gasteiger partial charge in [0.1, 0.15) is 59.9 Å². The number of aromatic nitrogens is 5. The molecule has 6 aliphatic rings. The summed E-state index contributed by atoms with van der Waals surface area (Å²) >= 11 is 1.57. The molecule has 0 saturated carbocycles. The first kappa shape index (κ1) is 57.1. The summed E-state index contributed by atoms with van der Waals surface area (Å²) in [6.45, 7) is 10.5. The Hall–Kier alpha value is -8.04. The minimum absolute atomic E-state index is 0.00369. The van der Waals surface area contributed by atoms with Crippen LogP contribution in [0.2, 0.25) is 0 Å². The van der Waals surface area contributed by atoms with Crippen LogP contribution in [0.4, 0.5) is 19.4 Å². The Bertz CT molecular complexity index is 3800. The number of phenolic OH excluding ortho intramolecular Hbond substituents is 1. The second kappa shape index (κ2) is 23.0. The summed E-state index contributed by atoms with van der Waals surface area (Å²) in [6, 6.07) is 14.1. The number of hydrogen-bond donors (Lipinski definition) is 4. The lowest BCUT2D eigenvalue weighted by molar-refractivity contribution is -0.141. The zero-order valence-electron chi connectivity index (χ0n) is 48.2. The van der Waals surface area contributed by atoms with E-state index < -0.39 is 47.4 Å². The monoisotopic (exact) mass is 1190 g/mol. The lowest BCUT2D eigenvalue weighted by atomic mass is 9.91. The van der Waals surface area contributed by atoms with E-state index in [9.17, 15) is 24.6 Å². The number of rotatable bonds is 16. The highest BCUT2D eigenvalue weighted by molar-refractivity contribution is 7.13. The third-order valence-corrected chi connectivity index (χ3v) is 19.3. The van der Waals surface area contributed by atoms with Crippen LogP contribution in [-0.2, 0) is 14.3 Å². The third-order valence-electron chi connectivity index (χ3n) is 18.3. The van der Waals surface area contributed by atoms with Gasteiger partial charge in [0.15, 0.2) is 11.6 Å². The van der Waals surface area contributed by atoms with E-state index in [0.29, 0.717) is 29.7 Å². The molecule has 0 radical (unpaired) electrons. The molecule has 0 aliphatic carbocycles. The predicted molar refractivity (Wildman–Crippen MR) is 316 cm³/mol. The van der Waals surface area contributed by atoms with Crippen molar-refractivity contribution in [2.45, 2.75) is 127 Å². The van der Waals surface area contributed by atoms with E-state index in [1.165, 1.54) is 35.4 Å². The highest BCUT2D eigenvalue weighted by atomic mass is 32.1. The lowest BCUT2D eigenvalue weighted by Crippen LogP contribution is -2.56. The molecule has 86 heavy (non-hydrogen) atoms. The van der Waals surface area contributed by atoms with Gasteiger partial charge in [0.25, 0.3) is 5.88 Å². The van der Waals surface area contributed by atoms with Gasteiger partial charge in [-0.2, -0.15) is 9.97 Å². The summed E-state index contributed by atoms with van der Waals surface area (Å²) in [7, 11) is 0. The van der Waals surface area contributed by atoms with Crippen LogP contribution in [0.3, 0.4) is 0 Å². The minimum Gasteiger partial charge on any atom is -0.508 e. The molecule has 13 rings (SSSR count). The number of aromatic hydroxyl groups is 1. The summed E-state index contributed by atoms with van der Waals surface area (Å²) in [5.74, 6) is -0.132. The number of fused-ring (bicyclic) bond motifs is 5. The van der Waals surface area contributed by atoms with E-state index in [1.807, 2.05) is 57.5 Å². The van der Waals surface area contributed by atoms with Crippen LogP contribution >= 0.6 is 11.3 Å². The average Bonchev–Trinajstić information content (AvgIpc) is 1.37. The second-order valence-corrected chi connectivity index (χ2v) is 25.1. The molecule has 20 nitrogen and oxygen atoms in total. The van der Waals surface area contributed by atoms with E-state index in [4.69, 9.17) is 35.1 Å². The standard InChI is InChI=1S/C63H67F2N11O9S/c1-6-45-48(64)15-12-38-20-42(77)21-46(53(38)45)55-54(65)56-47(24-66-55)58(73-25-39-13-14-40(26-73)69-39)71-61(70-56)83-31-63-17-7-19-76(63)41(16-18-63)30-82-62(81)74-28-44(29-74)84-51-23-50(85-72-51)52(33(2)3)60(80)75-27-43(78)22-49(75)59(79)68-34(4)36-8-10-37(11-9-36)57-35(5)67-32-86-57/h1,8-12,15,20-21,23-24,32-34,39-41,43-44,49,52,69,77-78H,7,13-14,16-19,22,25-31H2,2-5H3,(H,68,79)/t34-,39?,40?,41-,43+,49-,52+,63+/m0/s1. The number of hydrogen-bond acceptors (Lipinski definition) is 18. The molecule has 6 fully saturated rings. The fraction of sp³-hybridized carbons (Fsp3) is 0.460. The van der Waals surface area contributed by atoms with Gasteiger partial charge in [-0.25, -0.2) is 18.6 Å². The van der Waals surface area contributed by atoms with Crippen LogP contribution in [-0.4, -0.2) is 162 Å². The molecule has 2 unspecified atom stereocenters. The molecule has 10 heterocycles. The van der Waals surface area contributed by atoms with Gasteiger partial charge < -0.3 is 54.3 Å². The number of aryl methyl sites for hydroxylation is 1. The number of halogens is 2. The molecule has 0 spiro atoms. The summed E-state index contributed by atoms with van der Waals surface area (Å²) in [4.78, 5) is 68.8. The molecule has 23 heteroatoms. The first-order valence-electron chi connectivity index (χ1n) is 29.5. The second-order valence-electron chi connectivity index (χ2n) is 24.2. The number of thiazole rings is 1. The number of phenols is 1. The van der Waals surface area contributed by atoms with Gasteiger partial charge in [-0.05, 0) is 105 Å². The van der Waals surface area contributed by atoms with Crippen LogP contribution in [0.15, 0.2) is 70.8 Å². The van der Waals surface area contributed by atoms with Gasteiger partial charge in [0.05, 0.1) is 57.8 Å². The number of nitrogens with zero attached hydrogens (tertiary/aromatic N) is 9. The molecule has 3 amide bonds. The number of β-amino-alcohol motifs (C(OH)–C–C–N with tert-alkyl or cyclic N) is 1. The molecule has 448 valence electrons. The lowest BCUT2D eigenvalue weighted by Gasteiger charge is -2.38. The number of aliphatic hydroxyl groups is 1. The number of piperazine rings is 1. The molecular weight excluding hydrogens is 1120 g/mol.